The normalized spacial score (nSPS) is 12.1. The molecule has 1 rings (SSSR count). The van der Waals surface area contributed by atoms with Crippen molar-refractivity contribution < 1.29 is 14.3 Å². The maximum Gasteiger partial charge on any atom is 0.328 e. The van der Waals surface area contributed by atoms with Crippen LogP contribution in [-0.4, -0.2) is 25.7 Å². The summed E-state index contributed by atoms with van der Waals surface area (Å²) in [6.45, 7) is 6.16. The van der Waals surface area contributed by atoms with Crippen LogP contribution in [0.15, 0.2) is 24.3 Å². The highest BCUT2D eigenvalue weighted by Gasteiger charge is 2.23. The molecule has 0 amide bonds. The largest absolute Gasteiger partial charge is 0.497 e. The lowest BCUT2D eigenvalue weighted by Crippen LogP contribution is -2.36. The maximum absolute atomic E-state index is 11.8. The Labute approximate surface area is 108 Å². The molecule has 4 heteroatoms. The van der Waals surface area contributed by atoms with Crippen molar-refractivity contribution in [3.05, 3.63) is 24.3 Å². The molecule has 0 saturated carbocycles. The SMILES string of the molecule is CCOC(=O)C(Nc1cccc(OC)c1)C(C)C. The molecule has 0 aliphatic heterocycles. The van der Waals surface area contributed by atoms with Gasteiger partial charge in [-0.3, -0.25) is 0 Å². The molecule has 1 atom stereocenters. The molecule has 1 unspecified atom stereocenters. The lowest BCUT2D eigenvalue weighted by molar-refractivity contribution is -0.145. The quantitative estimate of drug-likeness (QED) is 0.790. The molecule has 0 aliphatic rings. The zero-order chi connectivity index (χ0) is 13.5. The number of anilines is 1. The third kappa shape index (κ3) is 3.95. The summed E-state index contributed by atoms with van der Waals surface area (Å²) in [5.41, 5.74) is 0.848. The summed E-state index contributed by atoms with van der Waals surface area (Å²) in [6, 6.07) is 7.15. The van der Waals surface area contributed by atoms with Gasteiger partial charge in [0.2, 0.25) is 0 Å². The van der Waals surface area contributed by atoms with Crippen molar-refractivity contribution in [3.8, 4) is 5.75 Å². The molecule has 0 aliphatic carbocycles. The Morgan fingerprint density at radius 2 is 2.11 bits per heavy atom. The van der Waals surface area contributed by atoms with Crippen molar-refractivity contribution in [2.45, 2.75) is 26.8 Å². The summed E-state index contributed by atoms with van der Waals surface area (Å²) in [4.78, 5) is 11.8. The van der Waals surface area contributed by atoms with Gasteiger partial charge in [0.05, 0.1) is 13.7 Å². The van der Waals surface area contributed by atoms with Gasteiger partial charge in [-0.25, -0.2) is 4.79 Å². The Morgan fingerprint density at radius 1 is 1.39 bits per heavy atom. The summed E-state index contributed by atoms with van der Waals surface area (Å²) in [5.74, 6) is 0.678. The van der Waals surface area contributed by atoms with Crippen LogP contribution in [0, 0.1) is 5.92 Å². The van der Waals surface area contributed by atoms with Gasteiger partial charge in [-0.1, -0.05) is 19.9 Å². The molecule has 0 heterocycles. The van der Waals surface area contributed by atoms with Gasteiger partial charge in [-0.05, 0) is 25.0 Å². The van der Waals surface area contributed by atoms with E-state index >= 15 is 0 Å². The van der Waals surface area contributed by atoms with Crippen LogP contribution in [0.5, 0.6) is 5.75 Å². The van der Waals surface area contributed by atoms with Gasteiger partial charge in [0.1, 0.15) is 11.8 Å². The lowest BCUT2D eigenvalue weighted by Gasteiger charge is -2.21. The van der Waals surface area contributed by atoms with Crippen LogP contribution >= 0.6 is 0 Å². The molecule has 0 fully saturated rings. The molecular weight excluding hydrogens is 230 g/mol. The van der Waals surface area contributed by atoms with Gasteiger partial charge in [0.25, 0.3) is 0 Å². The smallest absolute Gasteiger partial charge is 0.328 e. The first-order chi connectivity index (χ1) is 8.58. The first kappa shape index (κ1) is 14.4. The molecule has 100 valence electrons. The van der Waals surface area contributed by atoms with E-state index in [1.807, 2.05) is 38.1 Å². The van der Waals surface area contributed by atoms with Crippen molar-refractivity contribution in [2.24, 2.45) is 5.92 Å². The minimum Gasteiger partial charge on any atom is -0.497 e. The zero-order valence-corrected chi connectivity index (χ0v) is 11.4. The van der Waals surface area contributed by atoms with Gasteiger partial charge >= 0.3 is 5.97 Å². The van der Waals surface area contributed by atoms with Crippen LogP contribution in [0.25, 0.3) is 0 Å². The summed E-state index contributed by atoms with van der Waals surface area (Å²) in [7, 11) is 1.62. The summed E-state index contributed by atoms with van der Waals surface area (Å²) >= 11 is 0. The fourth-order valence-electron chi connectivity index (χ4n) is 1.62. The second kappa shape index (κ2) is 6.89. The Bertz CT molecular complexity index is 390. The number of rotatable bonds is 6. The van der Waals surface area contributed by atoms with E-state index in [0.29, 0.717) is 6.61 Å². The molecule has 0 saturated heterocycles. The number of carbonyl (C=O) groups excluding carboxylic acids is 1. The lowest BCUT2D eigenvalue weighted by atomic mass is 10.0. The predicted octanol–water partition coefficient (Wildman–Crippen LogP) is 2.69. The van der Waals surface area contributed by atoms with Crippen LogP contribution in [0.2, 0.25) is 0 Å². The summed E-state index contributed by atoms with van der Waals surface area (Å²) < 4.78 is 10.2. The third-order valence-corrected chi connectivity index (χ3v) is 2.60. The average Bonchev–Trinajstić information content (AvgIpc) is 2.36. The second-order valence-corrected chi connectivity index (χ2v) is 4.35. The van der Waals surface area contributed by atoms with Crippen molar-refractivity contribution >= 4 is 11.7 Å². The highest BCUT2D eigenvalue weighted by atomic mass is 16.5. The summed E-state index contributed by atoms with van der Waals surface area (Å²) in [6.07, 6.45) is 0. The molecule has 4 nitrogen and oxygen atoms in total. The average molecular weight is 251 g/mol. The molecule has 0 aromatic heterocycles. The molecule has 1 N–H and O–H groups in total. The highest BCUT2D eigenvalue weighted by Crippen LogP contribution is 2.19. The van der Waals surface area contributed by atoms with E-state index in [2.05, 4.69) is 5.32 Å². The van der Waals surface area contributed by atoms with Gasteiger partial charge in [-0.2, -0.15) is 0 Å². The number of esters is 1. The van der Waals surface area contributed by atoms with Crippen LogP contribution in [-0.2, 0) is 9.53 Å². The van der Waals surface area contributed by atoms with Crippen molar-refractivity contribution in [3.63, 3.8) is 0 Å². The Balaban J connectivity index is 2.79. The van der Waals surface area contributed by atoms with Gasteiger partial charge in [0.15, 0.2) is 0 Å². The van der Waals surface area contributed by atoms with Crippen molar-refractivity contribution in [2.75, 3.05) is 19.0 Å². The van der Waals surface area contributed by atoms with Gasteiger partial charge in [0, 0.05) is 11.8 Å². The number of nitrogens with one attached hydrogen (secondary N) is 1. The number of hydrogen-bond acceptors (Lipinski definition) is 4. The van der Waals surface area contributed by atoms with Gasteiger partial charge in [-0.15, -0.1) is 0 Å². The number of ether oxygens (including phenoxy) is 2. The van der Waals surface area contributed by atoms with Crippen molar-refractivity contribution in [1.29, 1.82) is 0 Å². The molecule has 0 spiro atoms. The van der Waals surface area contributed by atoms with E-state index in [9.17, 15) is 4.79 Å². The van der Waals surface area contributed by atoms with E-state index in [1.165, 1.54) is 0 Å². The van der Waals surface area contributed by atoms with E-state index in [-0.39, 0.29) is 17.9 Å². The number of hydrogen-bond donors (Lipinski definition) is 1. The first-order valence-corrected chi connectivity index (χ1v) is 6.15. The number of carbonyl (C=O) groups is 1. The summed E-state index contributed by atoms with van der Waals surface area (Å²) in [5, 5.41) is 3.18. The molecule has 0 radical (unpaired) electrons. The van der Waals surface area contributed by atoms with E-state index in [1.54, 1.807) is 14.0 Å². The highest BCUT2D eigenvalue weighted by molar-refractivity contribution is 5.79. The topological polar surface area (TPSA) is 47.6 Å². The fourth-order valence-corrected chi connectivity index (χ4v) is 1.62. The Morgan fingerprint density at radius 3 is 2.67 bits per heavy atom. The monoisotopic (exact) mass is 251 g/mol. The fraction of sp³-hybridized carbons (Fsp3) is 0.500. The minimum atomic E-state index is -0.350. The first-order valence-electron chi connectivity index (χ1n) is 6.15. The molecule has 1 aromatic carbocycles. The Kier molecular flexibility index (Phi) is 5.49. The predicted molar refractivity (Wildman–Crippen MR) is 71.9 cm³/mol. The van der Waals surface area contributed by atoms with Gasteiger partial charge < -0.3 is 14.8 Å². The molecule has 0 bridgehead atoms. The van der Waals surface area contributed by atoms with Crippen molar-refractivity contribution in [1.82, 2.24) is 0 Å². The Hall–Kier alpha value is -1.71. The van der Waals surface area contributed by atoms with Crippen LogP contribution in [0.3, 0.4) is 0 Å². The van der Waals surface area contributed by atoms with E-state index in [4.69, 9.17) is 9.47 Å². The van der Waals surface area contributed by atoms with E-state index < -0.39 is 0 Å². The maximum atomic E-state index is 11.8. The third-order valence-electron chi connectivity index (χ3n) is 2.60. The molecular formula is C14H21NO3. The van der Waals surface area contributed by atoms with Crippen LogP contribution in [0.1, 0.15) is 20.8 Å². The van der Waals surface area contributed by atoms with Crippen LogP contribution < -0.4 is 10.1 Å². The molecule has 1 aromatic rings. The second-order valence-electron chi connectivity index (χ2n) is 4.35. The molecule has 18 heavy (non-hydrogen) atoms. The van der Waals surface area contributed by atoms with E-state index in [0.717, 1.165) is 11.4 Å². The number of benzene rings is 1. The number of methoxy groups -OCH3 is 1. The van der Waals surface area contributed by atoms with Crippen LogP contribution in [0.4, 0.5) is 5.69 Å². The zero-order valence-electron chi connectivity index (χ0n) is 11.4. The standard InChI is InChI=1S/C14H21NO3/c1-5-18-14(16)13(10(2)3)15-11-7-6-8-12(9-11)17-4/h6-10,13,15H,5H2,1-4H3. The minimum absolute atomic E-state index is 0.148.